The Bertz CT molecular complexity index is 184. The van der Waals surface area contributed by atoms with Crippen molar-refractivity contribution in [2.45, 2.75) is 33.6 Å². The fourth-order valence-corrected chi connectivity index (χ4v) is 1.64. The standard InChI is InChI=1S/C10H17N/c1-10(2,3)8-6-4-5-7-9(8)11/h5,7-8,11H,4,6H2,1-3H3. The van der Waals surface area contributed by atoms with Gasteiger partial charge in [0.15, 0.2) is 0 Å². The van der Waals surface area contributed by atoms with E-state index in [1.54, 1.807) is 0 Å². The van der Waals surface area contributed by atoms with Crippen LogP contribution in [0.5, 0.6) is 0 Å². The van der Waals surface area contributed by atoms with Crippen molar-refractivity contribution >= 4 is 5.71 Å². The van der Waals surface area contributed by atoms with Crippen molar-refractivity contribution in [3.63, 3.8) is 0 Å². The number of rotatable bonds is 0. The van der Waals surface area contributed by atoms with Gasteiger partial charge in [-0.2, -0.15) is 0 Å². The molecular formula is C10H17N. The second kappa shape index (κ2) is 2.80. The smallest absolute Gasteiger partial charge is 0.0347 e. The molecular weight excluding hydrogens is 134 g/mol. The molecule has 0 aliphatic heterocycles. The monoisotopic (exact) mass is 151 g/mol. The minimum absolute atomic E-state index is 0.266. The first-order chi connectivity index (χ1) is 5.02. The van der Waals surface area contributed by atoms with Crippen LogP contribution in [-0.4, -0.2) is 5.71 Å². The van der Waals surface area contributed by atoms with Gasteiger partial charge >= 0.3 is 0 Å². The Hall–Kier alpha value is -0.590. The van der Waals surface area contributed by atoms with Gasteiger partial charge in [0, 0.05) is 11.6 Å². The molecule has 0 amide bonds. The minimum Gasteiger partial charge on any atom is -0.305 e. The highest BCUT2D eigenvalue weighted by atomic mass is 14.5. The Labute approximate surface area is 69.0 Å². The lowest BCUT2D eigenvalue weighted by Crippen LogP contribution is -2.28. The maximum absolute atomic E-state index is 7.71. The summed E-state index contributed by atoms with van der Waals surface area (Å²) in [6.45, 7) is 6.64. The Morgan fingerprint density at radius 2 is 2.09 bits per heavy atom. The Kier molecular flexibility index (Phi) is 2.17. The molecule has 0 aromatic rings. The van der Waals surface area contributed by atoms with Gasteiger partial charge in [-0.05, 0) is 24.3 Å². The van der Waals surface area contributed by atoms with Gasteiger partial charge in [0.2, 0.25) is 0 Å². The van der Waals surface area contributed by atoms with Gasteiger partial charge in [-0.25, -0.2) is 0 Å². The van der Waals surface area contributed by atoms with E-state index in [2.05, 4.69) is 26.8 Å². The van der Waals surface area contributed by atoms with Gasteiger partial charge in [-0.15, -0.1) is 0 Å². The van der Waals surface area contributed by atoms with Crippen molar-refractivity contribution in [2.24, 2.45) is 11.3 Å². The molecule has 0 saturated carbocycles. The molecule has 0 spiro atoms. The van der Waals surface area contributed by atoms with Crippen LogP contribution in [0.1, 0.15) is 33.6 Å². The average molecular weight is 151 g/mol. The molecule has 1 atom stereocenters. The molecule has 1 N–H and O–H groups in total. The topological polar surface area (TPSA) is 23.9 Å². The van der Waals surface area contributed by atoms with E-state index in [0.717, 1.165) is 18.6 Å². The van der Waals surface area contributed by atoms with Gasteiger partial charge in [0.1, 0.15) is 0 Å². The zero-order valence-electron chi connectivity index (χ0n) is 7.65. The van der Waals surface area contributed by atoms with E-state index >= 15 is 0 Å². The zero-order valence-corrected chi connectivity index (χ0v) is 7.65. The lowest BCUT2D eigenvalue weighted by molar-refractivity contribution is 0.296. The van der Waals surface area contributed by atoms with Crippen LogP contribution in [0.2, 0.25) is 0 Å². The number of allylic oxidation sites excluding steroid dienone is 2. The SMILES string of the molecule is CC(C)(C)C1CCC=CC1=N. The fourth-order valence-electron chi connectivity index (χ4n) is 1.64. The van der Waals surface area contributed by atoms with Crippen LogP contribution in [-0.2, 0) is 0 Å². The lowest BCUT2D eigenvalue weighted by atomic mass is 9.73. The Morgan fingerprint density at radius 1 is 1.45 bits per heavy atom. The third kappa shape index (κ3) is 1.92. The van der Waals surface area contributed by atoms with Crippen LogP contribution in [0, 0.1) is 16.7 Å². The van der Waals surface area contributed by atoms with Crippen LogP contribution in [0.25, 0.3) is 0 Å². The highest BCUT2D eigenvalue weighted by Gasteiger charge is 2.27. The van der Waals surface area contributed by atoms with Gasteiger partial charge < -0.3 is 5.41 Å². The van der Waals surface area contributed by atoms with Gasteiger partial charge in [-0.3, -0.25) is 0 Å². The highest BCUT2D eigenvalue weighted by Crippen LogP contribution is 2.32. The molecule has 0 bridgehead atoms. The summed E-state index contributed by atoms with van der Waals surface area (Å²) in [5.41, 5.74) is 1.07. The molecule has 1 heteroatoms. The van der Waals surface area contributed by atoms with Crippen LogP contribution in [0.4, 0.5) is 0 Å². The van der Waals surface area contributed by atoms with Gasteiger partial charge in [0.25, 0.3) is 0 Å². The van der Waals surface area contributed by atoms with Crippen molar-refractivity contribution in [1.82, 2.24) is 0 Å². The highest BCUT2D eigenvalue weighted by molar-refractivity contribution is 5.95. The molecule has 1 aliphatic rings. The maximum atomic E-state index is 7.71. The van der Waals surface area contributed by atoms with E-state index in [4.69, 9.17) is 5.41 Å². The molecule has 62 valence electrons. The molecule has 0 aromatic carbocycles. The van der Waals surface area contributed by atoms with Crippen LogP contribution >= 0.6 is 0 Å². The van der Waals surface area contributed by atoms with E-state index in [1.165, 1.54) is 0 Å². The molecule has 1 rings (SSSR count). The van der Waals surface area contributed by atoms with Crippen molar-refractivity contribution < 1.29 is 0 Å². The van der Waals surface area contributed by atoms with Gasteiger partial charge in [-0.1, -0.05) is 26.8 Å². The molecule has 0 fully saturated rings. The maximum Gasteiger partial charge on any atom is 0.0347 e. The zero-order chi connectivity index (χ0) is 8.48. The Morgan fingerprint density at radius 3 is 2.45 bits per heavy atom. The van der Waals surface area contributed by atoms with Crippen LogP contribution < -0.4 is 0 Å². The Balaban J connectivity index is 2.74. The molecule has 0 aromatic heterocycles. The summed E-state index contributed by atoms with van der Waals surface area (Å²) in [5, 5.41) is 7.71. The normalized spacial score (nSPS) is 25.7. The summed E-state index contributed by atoms with van der Waals surface area (Å²) in [5.74, 6) is 0.465. The van der Waals surface area contributed by atoms with Crippen LogP contribution in [0.15, 0.2) is 12.2 Å². The number of hydrogen-bond donors (Lipinski definition) is 1. The number of nitrogens with one attached hydrogen (secondary N) is 1. The lowest BCUT2D eigenvalue weighted by Gasteiger charge is -2.31. The molecule has 1 nitrogen and oxygen atoms in total. The summed E-state index contributed by atoms with van der Waals surface area (Å²) in [4.78, 5) is 0. The van der Waals surface area contributed by atoms with Gasteiger partial charge in [0.05, 0.1) is 0 Å². The van der Waals surface area contributed by atoms with E-state index < -0.39 is 0 Å². The van der Waals surface area contributed by atoms with E-state index in [0.29, 0.717) is 5.92 Å². The second-order valence-corrected chi connectivity index (χ2v) is 4.35. The first-order valence-electron chi connectivity index (χ1n) is 4.27. The predicted octanol–water partition coefficient (Wildman–Crippen LogP) is 3.02. The quantitative estimate of drug-likeness (QED) is 0.550. The summed E-state index contributed by atoms with van der Waals surface area (Å²) in [6, 6.07) is 0. The van der Waals surface area contributed by atoms with Crippen molar-refractivity contribution in [1.29, 1.82) is 5.41 Å². The van der Waals surface area contributed by atoms with Crippen molar-refractivity contribution in [3.05, 3.63) is 12.2 Å². The summed E-state index contributed by atoms with van der Waals surface area (Å²) in [7, 11) is 0. The van der Waals surface area contributed by atoms with E-state index in [9.17, 15) is 0 Å². The molecule has 0 saturated heterocycles. The molecule has 0 radical (unpaired) electrons. The van der Waals surface area contributed by atoms with E-state index in [1.807, 2.05) is 6.08 Å². The van der Waals surface area contributed by atoms with Crippen molar-refractivity contribution in [2.75, 3.05) is 0 Å². The predicted molar refractivity (Wildman–Crippen MR) is 49.0 cm³/mol. The third-order valence-electron chi connectivity index (χ3n) is 2.34. The fraction of sp³-hybridized carbons (Fsp3) is 0.700. The number of hydrogen-bond acceptors (Lipinski definition) is 1. The molecule has 11 heavy (non-hydrogen) atoms. The average Bonchev–Trinajstić information content (AvgIpc) is 1.86. The summed E-state index contributed by atoms with van der Waals surface area (Å²) >= 11 is 0. The minimum atomic E-state index is 0.266. The summed E-state index contributed by atoms with van der Waals surface area (Å²) < 4.78 is 0. The second-order valence-electron chi connectivity index (χ2n) is 4.35. The largest absolute Gasteiger partial charge is 0.305 e. The molecule has 0 heterocycles. The molecule has 1 unspecified atom stereocenters. The van der Waals surface area contributed by atoms with Crippen molar-refractivity contribution in [3.8, 4) is 0 Å². The molecule has 1 aliphatic carbocycles. The van der Waals surface area contributed by atoms with Crippen LogP contribution in [0.3, 0.4) is 0 Å². The first-order valence-corrected chi connectivity index (χ1v) is 4.27. The van der Waals surface area contributed by atoms with E-state index in [-0.39, 0.29) is 5.41 Å². The first kappa shape index (κ1) is 8.51. The summed E-state index contributed by atoms with van der Waals surface area (Å²) in [6.07, 6.45) is 6.35. The third-order valence-corrected chi connectivity index (χ3v) is 2.34.